The molecule has 0 bridgehead atoms. The summed E-state index contributed by atoms with van der Waals surface area (Å²) in [5, 5.41) is 0. The van der Waals surface area contributed by atoms with Gasteiger partial charge in [0.05, 0.1) is 6.54 Å². The summed E-state index contributed by atoms with van der Waals surface area (Å²) in [6, 6.07) is 10.2. The van der Waals surface area contributed by atoms with E-state index in [2.05, 4.69) is 35.2 Å². The van der Waals surface area contributed by atoms with Crippen molar-refractivity contribution in [1.82, 2.24) is 9.80 Å². The Kier molecular flexibility index (Phi) is 6.08. The van der Waals surface area contributed by atoms with E-state index >= 15 is 0 Å². The predicted octanol–water partition coefficient (Wildman–Crippen LogP) is 1.81. The van der Waals surface area contributed by atoms with E-state index in [0.717, 1.165) is 45.2 Å². The van der Waals surface area contributed by atoms with Crippen LogP contribution >= 0.6 is 0 Å². The number of hydrogen-bond donors (Lipinski definition) is 1. The van der Waals surface area contributed by atoms with Crippen LogP contribution in [0.1, 0.15) is 37.7 Å². The van der Waals surface area contributed by atoms with Crippen molar-refractivity contribution in [3.8, 4) is 0 Å². The first-order valence-corrected chi connectivity index (χ1v) is 9.48. The van der Waals surface area contributed by atoms with Crippen LogP contribution in [0, 0.1) is 5.92 Å². The lowest BCUT2D eigenvalue weighted by Gasteiger charge is -2.37. The lowest BCUT2D eigenvalue weighted by Crippen LogP contribution is -2.53. The molecule has 136 valence electrons. The Morgan fingerprint density at radius 2 is 1.72 bits per heavy atom. The van der Waals surface area contributed by atoms with E-state index in [-0.39, 0.29) is 11.8 Å². The van der Waals surface area contributed by atoms with Gasteiger partial charge >= 0.3 is 0 Å². The van der Waals surface area contributed by atoms with Crippen LogP contribution in [0.2, 0.25) is 0 Å². The minimum atomic E-state index is -0.406. The van der Waals surface area contributed by atoms with Gasteiger partial charge in [0, 0.05) is 6.54 Å². The van der Waals surface area contributed by atoms with Gasteiger partial charge in [-0.25, -0.2) is 0 Å². The summed E-state index contributed by atoms with van der Waals surface area (Å²) in [7, 11) is 0. The van der Waals surface area contributed by atoms with Crippen LogP contribution in [0.3, 0.4) is 0 Å². The van der Waals surface area contributed by atoms with Gasteiger partial charge in [0.25, 0.3) is 0 Å². The molecular formula is C20H29N3O2. The highest BCUT2D eigenvalue weighted by atomic mass is 16.2. The quantitative estimate of drug-likeness (QED) is 0.887. The number of carbonyl (C=O) groups is 2. The number of rotatable bonds is 5. The fraction of sp³-hybridized carbons (Fsp3) is 0.600. The molecule has 25 heavy (non-hydrogen) atoms. The largest absolute Gasteiger partial charge is 0.368 e. The molecule has 0 unspecified atom stereocenters. The molecule has 2 fully saturated rings. The number of primary amides is 1. The lowest BCUT2D eigenvalue weighted by molar-refractivity contribution is -0.142. The average molecular weight is 343 g/mol. The topological polar surface area (TPSA) is 66.6 Å². The van der Waals surface area contributed by atoms with Crippen molar-refractivity contribution in [2.24, 2.45) is 11.7 Å². The predicted molar refractivity (Wildman–Crippen MR) is 97.9 cm³/mol. The van der Waals surface area contributed by atoms with Crippen LogP contribution in [-0.4, -0.2) is 53.8 Å². The van der Waals surface area contributed by atoms with E-state index in [1.54, 1.807) is 4.90 Å². The zero-order chi connectivity index (χ0) is 17.6. The Morgan fingerprint density at radius 3 is 2.40 bits per heavy atom. The fourth-order valence-electron chi connectivity index (χ4n) is 4.10. The van der Waals surface area contributed by atoms with Crippen LogP contribution in [0.4, 0.5) is 0 Å². The Labute approximate surface area is 150 Å². The van der Waals surface area contributed by atoms with E-state index < -0.39 is 6.04 Å². The number of carbonyl (C=O) groups excluding carboxylic acids is 2. The zero-order valence-corrected chi connectivity index (χ0v) is 14.9. The number of piperidine rings is 2. The standard InChI is InChI=1S/C20H29N3O2/c21-20(25)18-8-4-5-11-23(18)19(24)15-22-12-9-17(10-13-22)14-16-6-2-1-3-7-16/h1-3,6-7,17-18H,4-5,8-15H2,(H2,21,25)/t18-/m0/s1. The summed E-state index contributed by atoms with van der Waals surface area (Å²) in [6.07, 6.45) is 6.03. The van der Waals surface area contributed by atoms with E-state index in [0.29, 0.717) is 25.4 Å². The van der Waals surface area contributed by atoms with Gasteiger partial charge in [-0.2, -0.15) is 0 Å². The summed E-state index contributed by atoms with van der Waals surface area (Å²) in [6.45, 7) is 3.00. The second-order valence-corrected chi connectivity index (χ2v) is 7.41. The maximum absolute atomic E-state index is 12.6. The maximum Gasteiger partial charge on any atom is 0.240 e. The van der Waals surface area contributed by atoms with Gasteiger partial charge in [-0.1, -0.05) is 30.3 Å². The van der Waals surface area contributed by atoms with E-state index in [4.69, 9.17) is 5.73 Å². The minimum absolute atomic E-state index is 0.0602. The second-order valence-electron chi connectivity index (χ2n) is 7.41. The number of benzene rings is 1. The van der Waals surface area contributed by atoms with Crippen molar-refractivity contribution in [1.29, 1.82) is 0 Å². The van der Waals surface area contributed by atoms with Crippen LogP contribution < -0.4 is 5.73 Å². The first-order chi connectivity index (χ1) is 12.1. The van der Waals surface area contributed by atoms with Gasteiger partial charge in [-0.3, -0.25) is 14.5 Å². The third-order valence-electron chi connectivity index (χ3n) is 5.58. The van der Waals surface area contributed by atoms with Gasteiger partial charge in [0.15, 0.2) is 0 Å². The molecule has 2 heterocycles. The third kappa shape index (κ3) is 4.82. The van der Waals surface area contributed by atoms with Crippen molar-refractivity contribution >= 4 is 11.8 Å². The molecule has 2 aliphatic rings. The van der Waals surface area contributed by atoms with Gasteiger partial charge in [-0.05, 0) is 63.1 Å². The molecule has 2 saturated heterocycles. The summed E-state index contributed by atoms with van der Waals surface area (Å²) in [5.41, 5.74) is 6.87. The Hall–Kier alpha value is -1.88. The SMILES string of the molecule is NC(=O)[C@@H]1CCCCN1C(=O)CN1CCC(Cc2ccccc2)CC1. The van der Waals surface area contributed by atoms with E-state index in [1.807, 2.05) is 0 Å². The number of nitrogens with two attached hydrogens (primary N) is 1. The molecule has 5 heteroatoms. The molecule has 0 radical (unpaired) electrons. The normalized spacial score (nSPS) is 22.7. The van der Waals surface area contributed by atoms with Crippen molar-refractivity contribution in [2.75, 3.05) is 26.2 Å². The van der Waals surface area contributed by atoms with Crippen LogP contribution in [0.25, 0.3) is 0 Å². The minimum Gasteiger partial charge on any atom is -0.368 e. The highest BCUT2D eigenvalue weighted by molar-refractivity contribution is 5.87. The number of likely N-dealkylation sites (tertiary alicyclic amines) is 2. The Balaban J connectivity index is 1.46. The van der Waals surface area contributed by atoms with E-state index in [1.165, 1.54) is 5.56 Å². The van der Waals surface area contributed by atoms with Crippen molar-refractivity contribution in [3.63, 3.8) is 0 Å². The summed E-state index contributed by atoms with van der Waals surface area (Å²) >= 11 is 0. The molecular weight excluding hydrogens is 314 g/mol. The number of amides is 2. The molecule has 1 atom stereocenters. The first-order valence-electron chi connectivity index (χ1n) is 9.48. The maximum atomic E-state index is 12.6. The molecule has 0 aliphatic carbocycles. The van der Waals surface area contributed by atoms with Gasteiger partial charge in [0.1, 0.15) is 6.04 Å². The van der Waals surface area contributed by atoms with Gasteiger partial charge in [-0.15, -0.1) is 0 Å². The molecule has 0 aromatic heterocycles. The number of nitrogens with zero attached hydrogens (tertiary/aromatic N) is 2. The zero-order valence-electron chi connectivity index (χ0n) is 14.9. The van der Waals surface area contributed by atoms with Gasteiger partial charge < -0.3 is 10.6 Å². The summed E-state index contributed by atoms with van der Waals surface area (Å²) in [4.78, 5) is 28.2. The molecule has 3 rings (SSSR count). The molecule has 2 N–H and O–H groups in total. The lowest BCUT2D eigenvalue weighted by atomic mass is 9.90. The molecule has 2 aliphatic heterocycles. The first kappa shape index (κ1) is 17.9. The van der Waals surface area contributed by atoms with Crippen molar-refractivity contribution < 1.29 is 9.59 Å². The smallest absolute Gasteiger partial charge is 0.240 e. The van der Waals surface area contributed by atoms with Crippen LogP contribution in [-0.2, 0) is 16.0 Å². The third-order valence-corrected chi connectivity index (χ3v) is 5.58. The van der Waals surface area contributed by atoms with E-state index in [9.17, 15) is 9.59 Å². The van der Waals surface area contributed by atoms with Gasteiger partial charge in [0.2, 0.25) is 11.8 Å². The molecule has 2 amide bonds. The summed E-state index contributed by atoms with van der Waals surface area (Å²) < 4.78 is 0. The Morgan fingerprint density at radius 1 is 1.00 bits per heavy atom. The molecule has 5 nitrogen and oxygen atoms in total. The average Bonchev–Trinajstić information content (AvgIpc) is 2.64. The monoisotopic (exact) mass is 343 g/mol. The molecule has 1 aromatic carbocycles. The molecule has 0 saturated carbocycles. The van der Waals surface area contributed by atoms with Crippen LogP contribution in [0.5, 0.6) is 0 Å². The van der Waals surface area contributed by atoms with Crippen molar-refractivity contribution in [2.45, 2.75) is 44.6 Å². The highest BCUT2D eigenvalue weighted by Gasteiger charge is 2.31. The summed E-state index contributed by atoms with van der Waals surface area (Å²) in [5.74, 6) is 0.390. The molecule has 0 spiro atoms. The second kappa shape index (κ2) is 8.48. The van der Waals surface area contributed by atoms with Crippen molar-refractivity contribution in [3.05, 3.63) is 35.9 Å². The van der Waals surface area contributed by atoms with Crippen LogP contribution in [0.15, 0.2) is 30.3 Å². The number of hydrogen-bond acceptors (Lipinski definition) is 3. The highest BCUT2D eigenvalue weighted by Crippen LogP contribution is 2.22. The fourth-order valence-corrected chi connectivity index (χ4v) is 4.10. The Bertz CT molecular complexity index is 582. The molecule has 1 aromatic rings.